The van der Waals surface area contributed by atoms with Gasteiger partial charge in [0, 0.05) is 45.4 Å². The lowest BCUT2D eigenvalue weighted by atomic mass is 10.00. The minimum absolute atomic E-state index is 0.0285. The highest BCUT2D eigenvalue weighted by Gasteiger charge is 2.18. The number of carbonyl (C=O) groups excluding carboxylic acids is 1. The van der Waals surface area contributed by atoms with E-state index in [4.69, 9.17) is 9.73 Å². The van der Waals surface area contributed by atoms with Gasteiger partial charge in [0.2, 0.25) is 5.91 Å². The van der Waals surface area contributed by atoms with E-state index in [-0.39, 0.29) is 12.5 Å². The molecule has 0 aromatic heterocycles. The zero-order chi connectivity index (χ0) is 18.9. The first-order valence-corrected chi connectivity index (χ1v) is 9.77. The SMILES string of the molecule is CN(C)C(=O)CNC(=NCc1ccc(Br)cc1)N(C)CC1CCOCC1. The number of ether oxygens (including phenoxy) is 1. The molecule has 1 aromatic rings. The number of hydrogen-bond donors (Lipinski definition) is 1. The number of carbonyl (C=O) groups is 1. The van der Waals surface area contributed by atoms with Crippen LogP contribution in [0.15, 0.2) is 33.7 Å². The highest BCUT2D eigenvalue weighted by atomic mass is 79.9. The molecule has 0 atom stereocenters. The van der Waals surface area contributed by atoms with E-state index in [1.54, 1.807) is 19.0 Å². The third-order valence-electron chi connectivity index (χ3n) is 4.46. The summed E-state index contributed by atoms with van der Waals surface area (Å²) in [4.78, 5) is 20.4. The third-order valence-corrected chi connectivity index (χ3v) is 4.98. The normalized spacial score (nSPS) is 15.6. The Balaban J connectivity index is 2.02. The minimum atomic E-state index is 0.0285. The number of rotatable bonds is 6. The number of amides is 1. The zero-order valence-corrected chi connectivity index (χ0v) is 17.5. The molecule has 0 aliphatic carbocycles. The lowest BCUT2D eigenvalue weighted by molar-refractivity contribution is -0.127. The van der Waals surface area contributed by atoms with Gasteiger partial charge >= 0.3 is 0 Å². The molecule has 1 amide bonds. The van der Waals surface area contributed by atoms with Crippen molar-refractivity contribution in [1.82, 2.24) is 15.1 Å². The maximum Gasteiger partial charge on any atom is 0.241 e. The van der Waals surface area contributed by atoms with Crippen molar-refractivity contribution in [2.45, 2.75) is 19.4 Å². The Hall–Kier alpha value is -1.60. The monoisotopic (exact) mass is 424 g/mol. The van der Waals surface area contributed by atoms with E-state index >= 15 is 0 Å². The smallest absolute Gasteiger partial charge is 0.241 e. The fraction of sp³-hybridized carbons (Fsp3) is 0.579. The van der Waals surface area contributed by atoms with Crippen LogP contribution in [0, 0.1) is 5.92 Å². The van der Waals surface area contributed by atoms with E-state index in [1.807, 2.05) is 19.2 Å². The summed E-state index contributed by atoms with van der Waals surface area (Å²) in [5.41, 5.74) is 1.13. The Kier molecular flexibility index (Phi) is 8.38. The maximum absolute atomic E-state index is 11.9. The first kappa shape index (κ1) is 20.7. The molecule has 144 valence electrons. The van der Waals surface area contributed by atoms with Crippen LogP contribution in [0.5, 0.6) is 0 Å². The molecule has 0 unspecified atom stereocenters. The predicted octanol–water partition coefficient (Wildman–Crippen LogP) is 2.34. The molecule has 1 aromatic carbocycles. The van der Waals surface area contributed by atoms with Crippen molar-refractivity contribution in [3.63, 3.8) is 0 Å². The topological polar surface area (TPSA) is 57.2 Å². The molecule has 1 aliphatic heterocycles. The van der Waals surface area contributed by atoms with Crippen LogP contribution in [0.25, 0.3) is 0 Å². The quantitative estimate of drug-likeness (QED) is 0.562. The summed E-state index contributed by atoms with van der Waals surface area (Å²) < 4.78 is 6.50. The summed E-state index contributed by atoms with van der Waals surface area (Å²) in [6, 6.07) is 8.13. The summed E-state index contributed by atoms with van der Waals surface area (Å²) in [7, 11) is 5.55. The number of halogens is 1. The van der Waals surface area contributed by atoms with Gasteiger partial charge in [0.15, 0.2) is 5.96 Å². The molecule has 6 nitrogen and oxygen atoms in total. The van der Waals surface area contributed by atoms with Crippen LogP contribution in [-0.2, 0) is 16.1 Å². The Morgan fingerprint density at radius 1 is 1.23 bits per heavy atom. The van der Waals surface area contributed by atoms with E-state index in [2.05, 4.69) is 38.3 Å². The maximum atomic E-state index is 11.9. The highest BCUT2D eigenvalue weighted by molar-refractivity contribution is 9.10. The van der Waals surface area contributed by atoms with Crippen molar-refractivity contribution < 1.29 is 9.53 Å². The van der Waals surface area contributed by atoms with Crippen molar-refractivity contribution >= 4 is 27.8 Å². The molecular weight excluding hydrogens is 396 g/mol. The van der Waals surface area contributed by atoms with Crippen molar-refractivity contribution in [2.24, 2.45) is 10.9 Å². The average Bonchev–Trinajstić information content (AvgIpc) is 2.63. The van der Waals surface area contributed by atoms with E-state index in [1.165, 1.54) is 0 Å². The largest absolute Gasteiger partial charge is 0.381 e. The number of guanidine groups is 1. The van der Waals surface area contributed by atoms with Gasteiger partial charge in [-0.25, -0.2) is 4.99 Å². The summed E-state index contributed by atoms with van der Waals surface area (Å²) in [6.45, 7) is 3.38. The number of likely N-dealkylation sites (N-methyl/N-ethyl adjacent to an activating group) is 1. The summed E-state index contributed by atoms with van der Waals surface area (Å²) in [5.74, 6) is 1.38. The molecule has 1 aliphatic rings. The van der Waals surface area contributed by atoms with Crippen molar-refractivity contribution in [2.75, 3.05) is 47.4 Å². The molecule has 1 N–H and O–H groups in total. The second-order valence-corrected chi connectivity index (χ2v) is 7.76. The highest BCUT2D eigenvalue weighted by Crippen LogP contribution is 2.16. The van der Waals surface area contributed by atoms with Gasteiger partial charge in [-0.1, -0.05) is 28.1 Å². The molecule has 0 spiro atoms. The summed E-state index contributed by atoms with van der Waals surface area (Å²) in [5, 5.41) is 3.22. The van der Waals surface area contributed by atoms with Gasteiger partial charge < -0.3 is 19.9 Å². The van der Waals surface area contributed by atoms with E-state index in [0.717, 1.165) is 48.6 Å². The number of benzene rings is 1. The molecule has 1 saturated heterocycles. The van der Waals surface area contributed by atoms with Crippen LogP contribution in [0.3, 0.4) is 0 Å². The molecule has 2 rings (SSSR count). The number of nitrogens with one attached hydrogen (secondary N) is 1. The lowest BCUT2D eigenvalue weighted by Crippen LogP contribution is -2.45. The van der Waals surface area contributed by atoms with E-state index in [0.29, 0.717) is 12.5 Å². The van der Waals surface area contributed by atoms with E-state index < -0.39 is 0 Å². The minimum Gasteiger partial charge on any atom is -0.381 e. The van der Waals surface area contributed by atoms with Gasteiger partial charge in [-0.2, -0.15) is 0 Å². The van der Waals surface area contributed by atoms with Crippen LogP contribution in [-0.4, -0.2) is 69.1 Å². The van der Waals surface area contributed by atoms with Crippen LogP contribution in [0.2, 0.25) is 0 Å². The van der Waals surface area contributed by atoms with Gasteiger partial charge in [0.05, 0.1) is 13.1 Å². The Bertz CT molecular complexity index is 598. The molecule has 0 radical (unpaired) electrons. The third kappa shape index (κ3) is 6.96. The molecular formula is C19H29BrN4O2. The summed E-state index contributed by atoms with van der Waals surface area (Å²) >= 11 is 3.45. The molecule has 0 saturated carbocycles. The second-order valence-electron chi connectivity index (χ2n) is 6.84. The molecule has 26 heavy (non-hydrogen) atoms. The second kappa shape index (κ2) is 10.5. The van der Waals surface area contributed by atoms with Crippen LogP contribution in [0.4, 0.5) is 0 Å². The first-order valence-electron chi connectivity index (χ1n) is 8.97. The molecule has 0 bridgehead atoms. The van der Waals surface area contributed by atoms with Crippen molar-refractivity contribution in [1.29, 1.82) is 0 Å². The van der Waals surface area contributed by atoms with Gasteiger partial charge in [-0.3, -0.25) is 4.79 Å². The zero-order valence-electron chi connectivity index (χ0n) is 15.9. The number of hydrogen-bond acceptors (Lipinski definition) is 3. The fourth-order valence-corrected chi connectivity index (χ4v) is 3.05. The first-order chi connectivity index (χ1) is 12.5. The number of aliphatic imine (C=N–C) groups is 1. The van der Waals surface area contributed by atoms with Crippen LogP contribution >= 0.6 is 15.9 Å². The Morgan fingerprint density at radius 2 is 1.88 bits per heavy atom. The summed E-state index contributed by atoms with van der Waals surface area (Å²) in [6.07, 6.45) is 2.14. The van der Waals surface area contributed by atoms with Gasteiger partial charge in [-0.05, 0) is 36.5 Å². The molecule has 1 heterocycles. The van der Waals surface area contributed by atoms with Gasteiger partial charge in [0.1, 0.15) is 0 Å². The standard InChI is InChI=1S/C19H29BrN4O2/c1-23(2)18(25)13-22-19(21-12-15-4-6-17(20)7-5-15)24(3)14-16-8-10-26-11-9-16/h4-7,16H,8-14H2,1-3H3,(H,21,22). The average molecular weight is 425 g/mol. The van der Waals surface area contributed by atoms with Crippen molar-refractivity contribution in [3.05, 3.63) is 34.3 Å². The van der Waals surface area contributed by atoms with Crippen LogP contribution in [0.1, 0.15) is 18.4 Å². The van der Waals surface area contributed by atoms with Gasteiger partial charge in [0.25, 0.3) is 0 Å². The lowest BCUT2D eigenvalue weighted by Gasteiger charge is -2.29. The van der Waals surface area contributed by atoms with Crippen LogP contribution < -0.4 is 5.32 Å². The van der Waals surface area contributed by atoms with Gasteiger partial charge in [-0.15, -0.1) is 0 Å². The number of nitrogens with zero attached hydrogens (tertiary/aromatic N) is 3. The Morgan fingerprint density at radius 3 is 2.50 bits per heavy atom. The Labute approximate surface area is 164 Å². The predicted molar refractivity (Wildman–Crippen MR) is 108 cm³/mol. The van der Waals surface area contributed by atoms with E-state index in [9.17, 15) is 4.79 Å². The molecule has 1 fully saturated rings. The van der Waals surface area contributed by atoms with Crippen molar-refractivity contribution in [3.8, 4) is 0 Å². The fourth-order valence-electron chi connectivity index (χ4n) is 2.78. The molecule has 7 heteroatoms.